The maximum atomic E-state index is 3.33. The van der Waals surface area contributed by atoms with E-state index in [9.17, 15) is 0 Å². The molecule has 0 saturated carbocycles. The zero-order chi connectivity index (χ0) is 8.91. The van der Waals surface area contributed by atoms with E-state index in [1.54, 1.807) is 0 Å². The predicted molar refractivity (Wildman–Crippen MR) is 51.7 cm³/mol. The van der Waals surface area contributed by atoms with E-state index in [0.29, 0.717) is 11.5 Å². The summed E-state index contributed by atoms with van der Waals surface area (Å²) in [7, 11) is 0. The van der Waals surface area contributed by atoms with Crippen molar-refractivity contribution < 1.29 is 0 Å². The topological polar surface area (TPSA) is 12.0 Å². The summed E-state index contributed by atoms with van der Waals surface area (Å²) in [5.41, 5.74) is 0.318. The van der Waals surface area contributed by atoms with Crippen LogP contribution in [0.25, 0.3) is 0 Å². The second-order valence-corrected chi connectivity index (χ2v) is 4.33. The highest BCUT2D eigenvalue weighted by Crippen LogP contribution is 2.13. The monoisotopic (exact) mass is 155 g/mol. The molecular formula is C10H21N. The van der Waals surface area contributed by atoms with Crippen LogP contribution in [0.1, 0.15) is 34.6 Å². The lowest BCUT2D eigenvalue weighted by Gasteiger charge is -2.11. The van der Waals surface area contributed by atoms with Crippen LogP contribution in [0.5, 0.6) is 0 Å². The Morgan fingerprint density at radius 1 is 1.27 bits per heavy atom. The third-order valence-electron chi connectivity index (χ3n) is 1.26. The number of nitrogens with one attached hydrogen (secondary N) is 1. The van der Waals surface area contributed by atoms with Gasteiger partial charge in [-0.25, -0.2) is 0 Å². The van der Waals surface area contributed by atoms with E-state index in [0.717, 1.165) is 6.54 Å². The lowest BCUT2D eigenvalue weighted by atomic mass is 9.96. The van der Waals surface area contributed by atoms with Crippen LogP contribution in [0.2, 0.25) is 0 Å². The van der Waals surface area contributed by atoms with Crippen LogP contribution in [0.3, 0.4) is 0 Å². The first-order valence-electron chi connectivity index (χ1n) is 4.33. The maximum absolute atomic E-state index is 3.33. The molecular weight excluding hydrogens is 134 g/mol. The van der Waals surface area contributed by atoms with Gasteiger partial charge in [0.1, 0.15) is 0 Å². The summed E-state index contributed by atoms with van der Waals surface area (Å²) >= 11 is 0. The third-order valence-corrected chi connectivity index (χ3v) is 1.26. The molecule has 0 atom stereocenters. The summed E-state index contributed by atoms with van der Waals surface area (Å²) in [5.74, 6) is 0. The molecule has 1 nitrogen and oxygen atoms in total. The number of hydrogen-bond donors (Lipinski definition) is 1. The van der Waals surface area contributed by atoms with Crippen molar-refractivity contribution in [3.63, 3.8) is 0 Å². The largest absolute Gasteiger partial charge is 0.311 e. The summed E-state index contributed by atoms with van der Waals surface area (Å²) in [5, 5.41) is 3.33. The van der Waals surface area contributed by atoms with Crippen LogP contribution in [0.4, 0.5) is 0 Å². The van der Waals surface area contributed by atoms with Crippen molar-refractivity contribution in [2.75, 3.05) is 6.54 Å². The number of rotatable bonds is 3. The molecule has 66 valence electrons. The highest BCUT2D eigenvalue weighted by molar-refractivity contribution is 4.93. The van der Waals surface area contributed by atoms with Gasteiger partial charge in [-0.15, -0.1) is 0 Å². The first-order chi connectivity index (χ1) is 4.92. The molecule has 0 saturated heterocycles. The Morgan fingerprint density at radius 2 is 1.82 bits per heavy atom. The molecule has 1 heteroatoms. The standard InChI is InChI=1S/C10H21N/c1-9(2)11-8-6-7-10(3,4)5/h6-7,9,11H,8H2,1-5H3/b7-6+. The van der Waals surface area contributed by atoms with E-state index in [-0.39, 0.29) is 0 Å². The van der Waals surface area contributed by atoms with Crippen molar-refractivity contribution in [2.24, 2.45) is 5.41 Å². The normalized spacial score (nSPS) is 13.3. The number of allylic oxidation sites excluding steroid dienone is 1. The first kappa shape index (κ1) is 10.7. The van der Waals surface area contributed by atoms with Crippen molar-refractivity contribution in [3.8, 4) is 0 Å². The molecule has 0 rings (SSSR count). The van der Waals surface area contributed by atoms with Crippen LogP contribution < -0.4 is 5.32 Å². The van der Waals surface area contributed by atoms with Crippen molar-refractivity contribution in [1.82, 2.24) is 5.32 Å². The van der Waals surface area contributed by atoms with Gasteiger partial charge in [-0.1, -0.05) is 46.8 Å². The Balaban J connectivity index is 3.46. The molecule has 0 heterocycles. The maximum Gasteiger partial charge on any atom is 0.0137 e. The second kappa shape index (κ2) is 4.55. The Morgan fingerprint density at radius 3 is 2.18 bits per heavy atom. The minimum absolute atomic E-state index is 0.318. The summed E-state index contributed by atoms with van der Waals surface area (Å²) < 4.78 is 0. The van der Waals surface area contributed by atoms with E-state index in [2.05, 4.69) is 52.1 Å². The molecule has 0 radical (unpaired) electrons. The van der Waals surface area contributed by atoms with Gasteiger partial charge in [-0.3, -0.25) is 0 Å². The second-order valence-electron chi connectivity index (χ2n) is 4.33. The molecule has 0 amide bonds. The molecule has 0 aliphatic carbocycles. The van der Waals surface area contributed by atoms with Gasteiger partial charge in [0.2, 0.25) is 0 Å². The van der Waals surface area contributed by atoms with Gasteiger partial charge in [0.15, 0.2) is 0 Å². The van der Waals surface area contributed by atoms with Gasteiger partial charge in [0.25, 0.3) is 0 Å². The van der Waals surface area contributed by atoms with Crippen LogP contribution in [0, 0.1) is 5.41 Å². The highest BCUT2D eigenvalue weighted by Gasteiger charge is 2.02. The lowest BCUT2D eigenvalue weighted by Crippen LogP contribution is -2.22. The molecule has 0 aliphatic heterocycles. The van der Waals surface area contributed by atoms with E-state index in [1.807, 2.05) is 0 Å². The zero-order valence-electron chi connectivity index (χ0n) is 8.44. The Labute approximate surface area is 70.9 Å². The fraction of sp³-hybridized carbons (Fsp3) is 0.800. The smallest absolute Gasteiger partial charge is 0.0137 e. The molecule has 1 N–H and O–H groups in total. The molecule has 0 aromatic carbocycles. The Kier molecular flexibility index (Phi) is 4.43. The molecule has 0 aliphatic rings. The summed E-state index contributed by atoms with van der Waals surface area (Å²) in [4.78, 5) is 0. The van der Waals surface area contributed by atoms with E-state index < -0.39 is 0 Å². The SMILES string of the molecule is CC(C)NC/C=C/C(C)(C)C. The summed E-state index contributed by atoms with van der Waals surface area (Å²) in [6, 6.07) is 0.583. The minimum atomic E-state index is 0.318. The molecule has 0 aromatic heterocycles. The van der Waals surface area contributed by atoms with Crippen molar-refractivity contribution >= 4 is 0 Å². The minimum Gasteiger partial charge on any atom is -0.311 e. The van der Waals surface area contributed by atoms with Crippen LogP contribution in [-0.2, 0) is 0 Å². The average Bonchev–Trinajstić information content (AvgIpc) is 1.78. The fourth-order valence-corrected chi connectivity index (χ4v) is 0.716. The van der Waals surface area contributed by atoms with Gasteiger partial charge >= 0.3 is 0 Å². The quantitative estimate of drug-likeness (QED) is 0.618. The molecule has 0 aromatic rings. The lowest BCUT2D eigenvalue weighted by molar-refractivity contribution is 0.539. The van der Waals surface area contributed by atoms with Crippen LogP contribution in [0.15, 0.2) is 12.2 Å². The van der Waals surface area contributed by atoms with Gasteiger partial charge < -0.3 is 5.32 Å². The van der Waals surface area contributed by atoms with Gasteiger partial charge in [-0.2, -0.15) is 0 Å². The Bertz CT molecular complexity index is 117. The fourth-order valence-electron chi connectivity index (χ4n) is 0.716. The van der Waals surface area contributed by atoms with E-state index in [1.165, 1.54) is 0 Å². The number of hydrogen-bond acceptors (Lipinski definition) is 1. The first-order valence-corrected chi connectivity index (χ1v) is 4.33. The Hall–Kier alpha value is -0.300. The van der Waals surface area contributed by atoms with Gasteiger partial charge in [0.05, 0.1) is 0 Å². The average molecular weight is 155 g/mol. The molecule has 0 fully saturated rings. The summed E-state index contributed by atoms with van der Waals surface area (Å²) in [6.07, 6.45) is 4.43. The molecule has 11 heavy (non-hydrogen) atoms. The van der Waals surface area contributed by atoms with Gasteiger partial charge in [-0.05, 0) is 5.41 Å². The van der Waals surface area contributed by atoms with Crippen molar-refractivity contribution in [2.45, 2.75) is 40.7 Å². The van der Waals surface area contributed by atoms with Crippen molar-refractivity contribution in [1.29, 1.82) is 0 Å². The zero-order valence-corrected chi connectivity index (χ0v) is 8.44. The van der Waals surface area contributed by atoms with E-state index in [4.69, 9.17) is 0 Å². The summed E-state index contributed by atoms with van der Waals surface area (Å²) in [6.45, 7) is 11.9. The van der Waals surface area contributed by atoms with Crippen LogP contribution in [-0.4, -0.2) is 12.6 Å². The highest BCUT2D eigenvalue weighted by atomic mass is 14.9. The van der Waals surface area contributed by atoms with Crippen molar-refractivity contribution in [3.05, 3.63) is 12.2 Å². The molecule has 0 bridgehead atoms. The van der Waals surface area contributed by atoms with Crippen LogP contribution >= 0.6 is 0 Å². The van der Waals surface area contributed by atoms with Gasteiger partial charge in [0, 0.05) is 12.6 Å². The third kappa shape index (κ3) is 9.70. The molecule has 0 unspecified atom stereocenters. The van der Waals surface area contributed by atoms with E-state index >= 15 is 0 Å². The molecule has 0 spiro atoms. The predicted octanol–water partition coefficient (Wildman–Crippen LogP) is 2.59.